The van der Waals surface area contributed by atoms with Crippen molar-refractivity contribution in [2.45, 2.75) is 12.5 Å². The lowest BCUT2D eigenvalue weighted by Gasteiger charge is -2.18. The van der Waals surface area contributed by atoms with Crippen LogP contribution in [0.2, 0.25) is 5.02 Å². The number of halogens is 4. The van der Waals surface area contributed by atoms with Crippen LogP contribution in [0.4, 0.5) is 13.2 Å². The van der Waals surface area contributed by atoms with Gasteiger partial charge in [0.1, 0.15) is 5.82 Å². The molecule has 2 nitrogen and oxygen atoms in total. The van der Waals surface area contributed by atoms with Crippen LogP contribution in [-0.4, -0.2) is 0 Å². The summed E-state index contributed by atoms with van der Waals surface area (Å²) in [5, 5.41) is -0.0513. The van der Waals surface area contributed by atoms with Crippen molar-refractivity contribution in [2.24, 2.45) is 5.84 Å². The van der Waals surface area contributed by atoms with Crippen LogP contribution in [0.25, 0.3) is 0 Å². The molecule has 0 aromatic heterocycles. The summed E-state index contributed by atoms with van der Waals surface area (Å²) in [7, 11) is 0. The highest BCUT2D eigenvalue weighted by molar-refractivity contribution is 6.31. The number of hydrazine groups is 1. The lowest BCUT2D eigenvalue weighted by Crippen LogP contribution is -2.30. The van der Waals surface area contributed by atoms with E-state index in [1.54, 1.807) is 6.07 Å². The van der Waals surface area contributed by atoms with Crippen molar-refractivity contribution in [3.63, 3.8) is 0 Å². The Kier molecular flexibility index (Phi) is 4.65. The molecule has 0 spiro atoms. The normalized spacial score (nSPS) is 12.4. The van der Waals surface area contributed by atoms with E-state index in [9.17, 15) is 13.2 Å². The van der Waals surface area contributed by atoms with Gasteiger partial charge in [0, 0.05) is 5.56 Å². The van der Waals surface area contributed by atoms with Crippen LogP contribution in [-0.2, 0) is 6.42 Å². The molecular weight excluding hydrogens is 289 g/mol. The Morgan fingerprint density at radius 1 is 1.05 bits per heavy atom. The van der Waals surface area contributed by atoms with E-state index in [2.05, 4.69) is 5.43 Å². The van der Waals surface area contributed by atoms with Crippen molar-refractivity contribution < 1.29 is 13.2 Å². The van der Waals surface area contributed by atoms with E-state index in [4.69, 9.17) is 17.4 Å². The molecule has 6 heteroatoms. The Morgan fingerprint density at radius 3 is 2.40 bits per heavy atom. The summed E-state index contributed by atoms with van der Waals surface area (Å²) in [6, 6.07) is 7.41. The van der Waals surface area contributed by atoms with E-state index in [1.807, 2.05) is 0 Å². The predicted octanol–water partition coefficient (Wildman–Crippen LogP) is 3.50. The Balaban J connectivity index is 2.34. The highest BCUT2D eigenvalue weighted by atomic mass is 35.5. The van der Waals surface area contributed by atoms with Gasteiger partial charge < -0.3 is 0 Å². The molecule has 1 atom stereocenters. The molecule has 0 radical (unpaired) electrons. The monoisotopic (exact) mass is 300 g/mol. The van der Waals surface area contributed by atoms with Gasteiger partial charge in [-0.3, -0.25) is 11.3 Å². The first kappa shape index (κ1) is 14.8. The second-order valence-corrected chi connectivity index (χ2v) is 4.66. The maximum Gasteiger partial charge on any atom is 0.163 e. The van der Waals surface area contributed by atoms with Gasteiger partial charge in [-0.15, -0.1) is 0 Å². The van der Waals surface area contributed by atoms with Crippen molar-refractivity contribution in [1.82, 2.24) is 5.43 Å². The largest absolute Gasteiger partial charge is 0.271 e. The number of nitrogens with two attached hydrogens (primary N) is 1. The van der Waals surface area contributed by atoms with Crippen LogP contribution >= 0.6 is 11.6 Å². The zero-order valence-electron chi connectivity index (χ0n) is 10.3. The standard InChI is InChI=1S/C14H12ClF3N2/c15-13-8(3-1-5-10(13)16)7-12(20-19)9-4-2-6-11(17)14(9)18/h1-6,12,20H,7,19H2. The van der Waals surface area contributed by atoms with E-state index in [-0.39, 0.29) is 17.0 Å². The van der Waals surface area contributed by atoms with Crippen molar-refractivity contribution in [3.8, 4) is 0 Å². The summed E-state index contributed by atoms with van der Waals surface area (Å²) in [5.41, 5.74) is 2.91. The van der Waals surface area contributed by atoms with Crippen molar-refractivity contribution in [1.29, 1.82) is 0 Å². The van der Waals surface area contributed by atoms with Crippen molar-refractivity contribution in [2.75, 3.05) is 0 Å². The molecule has 3 N–H and O–H groups in total. The molecule has 0 heterocycles. The van der Waals surface area contributed by atoms with E-state index in [0.717, 1.165) is 6.07 Å². The van der Waals surface area contributed by atoms with Crippen LogP contribution in [0.1, 0.15) is 17.2 Å². The third-order valence-corrected chi connectivity index (χ3v) is 3.44. The first-order chi connectivity index (χ1) is 9.54. The second kappa shape index (κ2) is 6.26. The molecule has 2 aromatic rings. The smallest absolute Gasteiger partial charge is 0.163 e. The van der Waals surface area contributed by atoms with Gasteiger partial charge >= 0.3 is 0 Å². The zero-order valence-corrected chi connectivity index (χ0v) is 11.1. The molecule has 0 aliphatic carbocycles. The number of hydrogen-bond donors (Lipinski definition) is 2. The van der Waals surface area contributed by atoms with Crippen LogP contribution < -0.4 is 11.3 Å². The summed E-state index contributed by atoms with van der Waals surface area (Å²) in [6.07, 6.45) is 0.132. The van der Waals surface area contributed by atoms with Gasteiger partial charge in [0.2, 0.25) is 0 Å². The maximum atomic E-state index is 13.7. The van der Waals surface area contributed by atoms with Crippen molar-refractivity contribution >= 4 is 11.6 Å². The molecule has 0 aliphatic heterocycles. The maximum absolute atomic E-state index is 13.7. The molecule has 0 saturated carbocycles. The SMILES string of the molecule is NNC(Cc1cccc(F)c1Cl)c1cccc(F)c1F. The number of hydrogen-bond acceptors (Lipinski definition) is 2. The molecule has 0 bridgehead atoms. The summed E-state index contributed by atoms with van der Waals surface area (Å²) in [5.74, 6) is 2.87. The van der Waals surface area contributed by atoms with E-state index in [1.165, 1.54) is 24.3 Å². The molecule has 0 fully saturated rings. The van der Waals surface area contributed by atoms with E-state index in [0.29, 0.717) is 5.56 Å². The molecular formula is C14H12ClF3N2. The first-order valence-corrected chi connectivity index (χ1v) is 6.25. The third-order valence-electron chi connectivity index (χ3n) is 3.01. The van der Waals surface area contributed by atoms with Gasteiger partial charge in [-0.2, -0.15) is 0 Å². The Morgan fingerprint density at radius 2 is 1.70 bits per heavy atom. The summed E-state index contributed by atoms with van der Waals surface area (Å²) >= 11 is 5.84. The quantitative estimate of drug-likeness (QED) is 0.670. The molecule has 0 aliphatic rings. The summed E-state index contributed by atoms with van der Waals surface area (Å²) in [6.45, 7) is 0. The topological polar surface area (TPSA) is 38.0 Å². The highest BCUT2D eigenvalue weighted by Gasteiger charge is 2.19. The second-order valence-electron chi connectivity index (χ2n) is 4.28. The van der Waals surface area contributed by atoms with Gasteiger partial charge in [0.15, 0.2) is 11.6 Å². The fraction of sp³-hybridized carbons (Fsp3) is 0.143. The molecule has 106 valence electrons. The van der Waals surface area contributed by atoms with Crippen LogP contribution in [0.5, 0.6) is 0 Å². The fourth-order valence-electron chi connectivity index (χ4n) is 1.97. The molecule has 0 amide bonds. The van der Waals surface area contributed by atoms with E-state index >= 15 is 0 Å². The fourth-order valence-corrected chi connectivity index (χ4v) is 2.18. The average molecular weight is 301 g/mol. The van der Waals surface area contributed by atoms with E-state index < -0.39 is 23.5 Å². The lowest BCUT2D eigenvalue weighted by atomic mass is 9.98. The minimum absolute atomic E-state index is 0.0513. The van der Waals surface area contributed by atoms with Gasteiger partial charge in [-0.05, 0) is 24.1 Å². The summed E-state index contributed by atoms with van der Waals surface area (Å²) < 4.78 is 40.3. The van der Waals surface area contributed by atoms with Gasteiger partial charge in [0.05, 0.1) is 11.1 Å². The average Bonchev–Trinajstić information content (AvgIpc) is 2.44. The zero-order chi connectivity index (χ0) is 14.7. The molecule has 20 heavy (non-hydrogen) atoms. The molecule has 0 saturated heterocycles. The van der Waals surface area contributed by atoms with Crippen molar-refractivity contribution in [3.05, 3.63) is 70.0 Å². The highest BCUT2D eigenvalue weighted by Crippen LogP contribution is 2.27. The number of benzene rings is 2. The van der Waals surface area contributed by atoms with Crippen LogP contribution in [0, 0.1) is 17.5 Å². The minimum atomic E-state index is -0.983. The molecule has 1 unspecified atom stereocenters. The van der Waals surface area contributed by atoms with Gasteiger partial charge in [0.25, 0.3) is 0 Å². The van der Waals surface area contributed by atoms with Crippen LogP contribution in [0.15, 0.2) is 36.4 Å². The van der Waals surface area contributed by atoms with Gasteiger partial charge in [-0.1, -0.05) is 35.9 Å². The minimum Gasteiger partial charge on any atom is -0.271 e. The Labute approximate surface area is 119 Å². The predicted molar refractivity (Wildman–Crippen MR) is 71.5 cm³/mol. The lowest BCUT2D eigenvalue weighted by molar-refractivity contribution is 0.464. The number of nitrogens with one attached hydrogen (secondary N) is 1. The Bertz CT molecular complexity index is 619. The Hall–Kier alpha value is -1.56. The summed E-state index contributed by atoms with van der Waals surface area (Å²) in [4.78, 5) is 0. The van der Waals surface area contributed by atoms with Crippen LogP contribution in [0.3, 0.4) is 0 Å². The first-order valence-electron chi connectivity index (χ1n) is 5.87. The third kappa shape index (κ3) is 2.95. The van der Waals surface area contributed by atoms with Gasteiger partial charge in [-0.25, -0.2) is 13.2 Å². The number of rotatable bonds is 4. The molecule has 2 rings (SSSR count). The molecule has 2 aromatic carbocycles.